The molecule has 0 aromatic heterocycles. The van der Waals surface area contributed by atoms with E-state index in [9.17, 15) is 39.0 Å². The number of carbonyl (C=O) groups is 1. The first-order valence-electron chi connectivity index (χ1n) is 11.2. The van der Waals surface area contributed by atoms with E-state index in [0.717, 1.165) is 25.5 Å². The molecule has 7 atom stereocenters. The number of phosphoric ester groups is 2. The summed E-state index contributed by atoms with van der Waals surface area (Å²) in [5.41, 5.74) is 0. The van der Waals surface area contributed by atoms with Crippen molar-refractivity contribution in [2.75, 3.05) is 19.8 Å². The fourth-order valence-corrected chi connectivity index (χ4v) is 5.50. The van der Waals surface area contributed by atoms with Crippen LogP contribution >= 0.6 is 15.6 Å². The SMILES string of the molecule is CC(=O)N[C@H]1[C@@H](OP(=O)(O)OP(=O)(O)OCCCCCCOc2ccccc2)O[C@H](CO)[C@@H](O)[C@@H]1O. The third-order valence-corrected chi connectivity index (χ3v) is 7.63. The van der Waals surface area contributed by atoms with Gasteiger partial charge in [0.1, 0.15) is 30.1 Å². The molecule has 1 aliphatic rings. The first kappa shape index (κ1) is 30.8. The number of unbranched alkanes of at least 4 members (excludes halogenated alkanes) is 3. The lowest BCUT2D eigenvalue weighted by Gasteiger charge is -2.42. The highest BCUT2D eigenvalue weighted by Crippen LogP contribution is 2.61. The number of rotatable bonds is 15. The average molecular weight is 557 g/mol. The number of ether oxygens (including phenoxy) is 2. The number of nitrogens with one attached hydrogen (secondary N) is 1. The van der Waals surface area contributed by atoms with Crippen molar-refractivity contribution in [1.29, 1.82) is 0 Å². The molecular formula is C20H33NO13P2. The van der Waals surface area contributed by atoms with E-state index in [-0.39, 0.29) is 6.61 Å². The largest absolute Gasteiger partial charge is 0.494 e. The maximum atomic E-state index is 12.3. The molecule has 1 amide bonds. The van der Waals surface area contributed by atoms with Crippen LogP contribution in [-0.4, -0.2) is 81.5 Å². The van der Waals surface area contributed by atoms with Crippen molar-refractivity contribution >= 4 is 21.6 Å². The minimum Gasteiger partial charge on any atom is -0.494 e. The summed E-state index contributed by atoms with van der Waals surface area (Å²) in [5, 5.41) is 31.6. The molecule has 1 aliphatic heterocycles. The Hall–Kier alpha value is -1.41. The van der Waals surface area contributed by atoms with E-state index in [1.54, 1.807) is 0 Å². The molecule has 0 bridgehead atoms. The lowest BCUT2D eigenvalue weighted by Crippen LogP contribution is -2.64. The smallest absolute Gasteiger partial charge is 0.483 e. The zero-order valence-corrected chi connectivity index (χ0v) is 21.4. The van der Waals surface area contributed by atoms with Crippen LogP contribution in [0.25, 0.3) is 0 Å². The molecule has 1 saturated heterocycles. The third-order valence-electron chi connectivity index (χ3n) is 5.00. The molecule has 14 nitrogen and oxygen atoms in total. The second kappa shape index (κ2) is 14.5. The molecule has 2 unspecified atom stereocenters. The summed E-state index contributed by atoms with van der Waals surface area (Å²) in [5.74, 6) is 0.0526. The molecule has 0 saturated carbocycles. The Morgan fingerprint density at radius 3 is 2.25 bits per heavy atom. The van der Waals surface area contributed by atoms with Gasteiger partial charge in [-0.3, -0.25) is 13.8 Å². The zero-order chi connectivity index (χ0) is 26.8. The van der Waals surface area contributed by atoms with Crippen LogP contribution in [0.2, 0.25) is 0 Å². The topological polar surface area (TPSA) is 211 Å². The van der Waals surface area contributed by atoms with E-state index >= 15 is 0 Å². The number of aliphatic hydroxyl groups is 3. The lowest BCUT2D eigenvalue weighted by atomic mass is 9.97. The molecule has 0 aliphatic carbocycles. The van der Waals surface area contributed by atoms with Crippen molar-refractivity contribution in [3.05, 3.63) is 30.3 Å². The van der Waals surface area contributed by atoms with E-state index in [2.05, 4.69) is 9.63 Å². The molecule has 16 heteroatoms. The molecule has 206 valence electrons. The summed E-state index contributed by atoms with van der Waals surface area (Å²) in [7, 11) is -10.4. The number of amides is 1. The van der Waals surface area contributed by atoms with Gasteiger partial charge in [0, 0.05) is 6.92 Å². The maximum Gasteiger partial charge on any atom is 0.483 e. The van der Waals surface area contributed by atoms with Crippen LogP contribution < -0.4 is 10.1 Å². The Kier molecular flexibility index (Phi) is 12.4. The summed E-state index contributed by atoms with van der Waals surface area (Å²) in [4.78, 5) is 31.1. The van der Waals surface area contributed by atoms with Crippen LogP contribution in [0.4, 0.5) is 0 Å². The molecule has 6 N–H and O–H groups in total. The predicted octanol–water partition coefficient (Wildman–Crippen LogP) is 0.820. The number of para-hydroxylation sites is 1. The molecular weight excluding hydrogens is 524 g/mol. The van der Waals surface area contributed by atoms with Gasteiger partial charge in [0.05, 0.1) is 19.8 Å². The summed E-state index contributed by atoms with van der Waals surface area (Å²) in [6, 6.07) is 7.73. The van der Waals surface area contributed by atoms with Crippen molar-refractivity contribution < 1.29 is 61.9 Å². The zero-order valence-electron chi connectivity index (χ0n) is 19.6. The minimum atomic E-state index is -5.35. The van der Waals surface area contributed by atoms with Crippen LogP contribution in [0.3, 0.4) is 0 Å². The molecule has 0 spiro atoms. The van der Waals surface area contributed by atoms with Crippen LogP contribution in [0, 0.1) is 0 Å². The van der Waals surface area contributed by atoms with Crippen molar-refractivity contribution in [2.24, 2.45) is 0 Å². The molecule has 1 fully saturated rings. The van der Waals surface area contributed by atoms with Crippen molar-refractivity contribution in [3.8, 4) is 5.75 Å². The Bertz CT molecular complexity index is 905. The van der Waals surface area contributed by atoms with Crippen LogP contribution in [-0.2, 0) is 32.0 Å². The molecule has 1 heterocycles. The van der Waals surface area contributed by atoms with Gasteiger partial charge in [0.15, 0.2) is 6.29 Å². The fraction of sp³-hybridized carbons (Fsp3) is 0.650. The number of phosphoric acid groups is 2. The van der Waals surface area contributed by atoms with E-state index in [1.165, 1.54) is 0 Å². The monoisotopic (exact) mass is 557 g/mol. The van der Waals surface area contributed by atoms with Crippen molar-refractivity contribution in [3.63, 3.8) is 0 Å². The molecule has 1 aromatic rings. The molecule has 2 rings (SSSR count). The van der Waals surface area contributed by atoms with E-state index in [4.69, 9.17) is 18.5 Å². The number of carbonyl (C=O) groups excluding carboxylic acids is 1. The Morgan fingerprint density at radius 1 is 1.00 bits per heavy atom. The first-order valence-corrected chi connectivity index (χ1v) is 14.2. The first-order chi connectivity index (χ1) is 16.9. The van der Waals surface area contributed by atoms with Gasteiger partial charge < -0.3 is 39.9 Å². The van der Waals surface area contributed by atoms with Crippen molar-refractivity contribution in [2.45, 2.75) is 63.3 Å². The number of aliphatic hydroxyl groups excluding tert-OH is 3. The lowest BCUT2D eigenvalue weighted by molar-refractivity contribution is -0.247. The normalized spacial score (nSPS) is 27.6. The maximum absolute atomic E-state index is 12.3. The van der Waals surface area contributed by atoms with Gasteiger partial charge in [-0.15, -0.1) is 0 Å². The Balaban J connectivity index is 1.77. The quantitative estimate of drug-likeness (QED) is 0.130. The summed E-state index contributed by atoms with van der Waals surface area (Å²) < 4.78 is 48.8. The van der Waals surface area contributed by atoms with Gasteiger partial charge in [-0.1, -0.05) is 24.6 Å². The van der Waals surface area contributed by atoms with Gasteiger partial charge in [-0.05, 0) is 31.4 Å². The van der Waals surface area contributed by atoms with E-state index in [0.29, 0.717) is 19.4 Å². The Morgan fingerprint density at radius 2 is 1.64 bits per heavy atom. The number of hydrogen-bond acceptors (Lipinski definition) is 11. The van der Waals surface area contributed by atoms with Crippen molar-refractivity contribution in [1.82, 2.24) is 5.32 Å². The fourth-order valence-electron chi connectivity index (χ4n) is 3.31. The third kappa shape index (κ3) is 10.5. The van der Waals surface area contributed by atoms with Gasteiger partial charge in [-0.2, -0.15) is 4.31 Å². The van der Waals surface area contributed by atoms with Crippen LogP contribution in [0.1, 0.15) is 32.6 Å². The van der Waals surface area contributed by atoms with E-state index in [1.807, 2.05) is 30.3 Å². The van der Waals surface area contributed by atoms with Crippen LogP contribution in [0.5, 0.6) is 5.75 Å². The van der Waals surface area contributed by atoms with Gasteiger partial charge >= 0.3 is 15.6 Å². The molecule has 1 aromatic carbocycles. The highest BCUT2D eigenvalue weighted by Gasteiger charge is 2.49. The second-order valence-corrected chi connectivity index (χ2v) is 11.0. The summed E-state index contributed by atoms with van der Waals surface area (Å²) in [6.45, 7) is 0.513. The molecule has 36 heavy (non-hydrogen) atoms. The highest BCUT2D eigenvalue weighted by molar-refractivity contribution is 7.61. The van der Waals surface area contributed by atoms with Crippen LogP contribution in [0.15, 0.2) is 30.3 Å². The van der Waals surface area contributed by atoms with E-state index < -0.39 is 58.8 Å². The summed E-state index contributed by atoms with van der Waals surface area (Å²) in [6.07, 6.45) is -4.31. The Labute approximate surface area is 208 Å². The van der Waals surface area contributed by atoms with Gasteiger partial charge in [0.25, 0.3) is 0 Å². The molecule has 0 radical (unpaired) electrons. The number of benzene rings is 1. The second-order valence-electron chi connectivity index (χ2n) is 7.97. The predicted molar refractivity (Wildman–Crippen MR) is 124 cm³/mol. The standard InChI is InChI=1S/C20H33NO13P2/c1-14(23)21-17-19(25)18(24)16(13-22)32-20(17)33-36(28,29)34-35(26,27)31-12-8-3-2-7-11-30-15-9-5-4-6-10-15/h4-6,9-10,16-20,22,24-25H,2-3,7-8,11-13H2,1H3,(H,21,23)(H,26,27)(H,28,29)/t16-,17-,18-,19-,20-/m1/s1. The summed E-state index contributed by atoms with van der Waals surface area (Å²) >= 11 is 0. The number of hydrogen-bond donors (Lipinski definition) is 6. The van der Waals surface area contributed by atoms with Gasteiger partial charge in [-0.25, -0.2) is 9.13 Å². The van der Waals surface area contributed by atoms with Gasteiger partial charge in [0.2, 0.25) is 5.91 Å². The highest BCUT2D eigenvalue weighted by atomic mass is 31.3. The average Bonchev–Trinajstić information content (AvgIpc) is 2.80. The minimum absolute atomic E-state index is 0.251.